The highest BCUT2D eigenvalue weighted by molar-refractivity contribution is 6.32. The van der Waals surface area contributed by atoms with Crippen molar-refractivity contribution in [2.45, 2.75) is 39.8 Å². The van der Waals surface area contributed by atoms with Crippen LogP contribution in [0.4, 0.5) is 5.69 Å². The van der Waals surface area contributed by atoms with Crippen LogP contribution in [0.15, 0.2) is 35.3 Å². The summed E-state index contributed by atoms with van der Waals surface area (Å²) in [5, 5.41) is 7.41. The Kier molecular flexibility index (Phi) is 5.02. The molecule has 5 heteroatoms. The molecule has 112 valence electrons. The molecule has 2 rings (SSSR count). The van der Waals surface area contributed by atoms with Crippen LogP contribution in [0.3, 0.4) is 0 Å². The quantitative estimate of drug-likeness (QED) is 0.917. The number of anilines is 1. The maximum Gasteiger partial charge on any atom is 0.287 e. The molecule has 0 spiro atoms. The Morgan fingerprint density at radius 2 is 1.95 bits per heavy atom. The molecule has 1 aromatic carbocycles. The standard InChI is InChI=1S/C16H20ClN3O/c1-4-20-16(21)15(17)14(10-19-20)18-9-12-5-7-13(8-6-12)11(2)3/h5-8,10-11,18H,4,9H2,1-3H3. The lowest BCUT2D eigenvalue weighted by atomic mass is 10.0. The fraction of sp³-hybridized carbons (Fsp3) is 0.375. The molecule has 0 saturated carbocycles. The predicted octanol–water partition coefficient (Wildman–Crippen LogP) is 3.65. The number of benzene rings is 1. The van der Waals surface area contributed by atoms with Gasteiger partial charge in [-0.3, -0.25) is 4.79 Å². The van der Waals surface area contributed by atoms with Crippen LogP contribution in [0, 0.1) is 0 Å². The SMILES string of the molecule is CCn1ncc(NCc2ccc(C(C)C)cc2)c(Cl)c1=O. The van der Waals surface area contributed by atoms with Gasteiger partial charge in [0.05, 0.1) is 11.9 Å². The van der Waals surface area contributed by atoms with E-state index in [1.807, 2.05) is 6.92 Å². The molecule has 4 nitrogen and oxygen atoms in total. The van der Waals surface area contributed by atoms with Crippen LogP contribution < -0.4 is 10.9 Å². The molecule has 1 aromatic heterocycles. The average molecular weight is 306 g/mol. The van der Waals surface area contributed by atoms with Crippen LogP contribution in [0.2, 0.25) is 5.02 Å². The number of hydrogen-bond donors (Lipinski definition) is 1. The number of nitrogens with zero attached hydrogens (tertiary/aromatic N) is 2. The van der Waals surface area contributed by atoms with Gasteiger partial charge < -0.3 is 5.32 Å². The molecule has 0 amide bonds. The van der Waals surface area contributed by atoms with E-state index in [0.717, 1.165) is 5.56 Å². The van der Waals surface area contributed by atoms with Gasteiger partial charge in [0.2, 0.25) is 0 Å². The molecule has 0 saturated heterocycles. The van der Waals surface area contributed by atoms with Crippen molar-refractivity contribution >= 4 is 17.3 Å². The van der Waals surface area contributed by atoms with E-state index >= 15 is 0 Å². The topological polar surface area (TPSA) is 46.9 Å². The fourth-order valence-electron chi connectivity index (χ4n) is 2.03. The zero-order valence-electron chi connectivity index (χ0n) is 12.6. The van der Waals surface area contributed by atoms with E-state index in [-0.39, 0.29) is 10.6 Å². The van der Waals surface area contributed by atoms with Gasteiger partial charge in [0.1, 0.15) is 5.02 Å². The van der Waals surface area contributed by atoms with Crippen molar-refractivity contribution in [1.29, 1.82) is 0 Å². The van der Waals surface area contributed by atoms with Crippen molar-refractivity contribution in [3.8, 4) is 0 Å². The minimum atomic E-state index is -0.265. The van der Waals surface area contributed by atoms with E-state index < -0.39 is 0 Å². The molecular formula is C16H20ClN3O. The predicted molar refractivity (Wildman–Crippen MR) is 87.0 cm³/mol. The first-order valence-corrected chi connectivity index (χ1v) is 7.49. The lowest BCUT2D eigenvalue weighted by Gasteiger charge is -2.10. The van der Waals surface area contributed by atoms with Gasteiger partial charge in [-0.2, -0.15) is 5.10 Å². The summed E-state index contributed by atoms with van der Waals surface area (Å²) < 4.78 is 1.34. The first kappa shape index (κ1) is 15.6. The zero-order chi connectivity index (χ0) is 15.4. The molecule has 2 aromatic rings. The number of aryl methyl sites for hydroxylation is 1. The molecule has 0 fully saturated rings. The van der Waals surface area contributed by atoms with Crippen LogP contribution in [0.1, 0.15) is 37.8 Å². The van der Waals surface area contributed by atoms with Gasteiger partial charge in [0.15, 0.2) is 0 Å². The van der Waals surface area contributed by atoms with Crippen molar-refractivity contribution < 1.29 is 0 Å². The van der Waals surface area contributed by atoms with Crippen LogP contribution in [0.5, 0.6) is 0 Å². The number of halogens is 1. The number of rotatable bonds is 5. The molecule has 0 radical (unpaired) electrons. The minimum absolute atomic E-state index is 0.186. The first-order chi connectivity index (χ1) is 10.0. The van der Waals surface area contributed by atoms with E-state index in [0.29, 0.717) is 24.7 Å². The zero-order valence-corrected chi connectivity index (χ0v) is 13.3. The van der Waals surface area contributed by atoms with E-state index in [1.165, 1.54) is 10.2 Å². The van der Waals surface area contributed by atoms with Crippen LogP contribution in [0.25, 0.3) is 0 Å². The summed E-state index contributed by atoms with van der Waals surface area (Å²) in [5.74, 6) is 0.521. The molecule has 0 bridgehead atoms. The Labute approximate surface area is 129 Å². The second-order valence-corrected chi connectivity index (χ2v) is 5.62. The maximum absolute atomic E-state index is 11.9. The summed E-state index contributed by atoms with van der Waals surface area (Å²) in [6, 6.07) is 8.40. The minimum Gasteiger partial charge on any atom is -0.378 e. The van der Waals surface area contributed by atoms with E-state index in [9.17, 15) is 4.79 Å². The van der Waals surface area contributed by atoms with Crippen molar-refractivity contribution in [3.63, 3.8) is 0 Å². The van der Waals surface area contributed by atoms with Crippen molar-refractivity contribution in [2.75, 3.05) is 5.32 Å². The highest BCUT2D eigenvalue weighted by Crippen LogP contribution is 2.18. The van der Waals surface area contributed by atoms with E-state index in [4.69, 9.17) is 11.6 Å². The van der Waals surface area contributed by atoms with Gasteiger partial charge in [-0.05, 0) is 24.0 Å². The Balaban J connectivity index is 2.10. The summed E-state index contributed by atoms with van der Waals surface area (Å²) in [6.45, 7) is 7.31. The lowest BCUT2D eigenvalue weighted by molar-refractivity contribution is 0.616. The van der Waals surface area contributed by atoms with Gasteiger partial charge in [-0.1, -0.05) is 49.7 Å². The average Bonchev–Trinajstić information content (AvgIpc) is 2.49. The van der Waals surface area contributed by atoms with Gasteiger partial charge >= 0.3 is 0 Å². The number of hydrogen-bond acceptors (Lipinski definition) is 3. The summed E-state index contributed by atoms with van der Waals surface area (Å²) in [4.78, 5) is 11.9. The van der Waals surface area contributed by atoms with Crippen molar-refractivity contribution in [2.24, 2.45) is 0 Å². The lowest BCUT2D eigenvalue weighted by Crippen LogP contribution is -2.23. The number of nitrogens with one attached hydrogen (secondary N) is 1. The van der Waals surface area contributed by atoms with Gasteiger partial charge in [0, 0.05) is 13.1 Å². The third kappa shape index (κ3) is 3.64. The Hall–Kier alpha value is -1.81. The monoisotopic (exact) mass is 305 g/mol. The molecule has 0 aliphatic carbocycles. The van der Waals surface area contributed by atoms with E-state index in [1.54, 1.807) is 6.20 Å². The molecule has 1 N–H and O–H groups in total. The molecule has 1 heterocycles. The summed E-state index contributed by atoms with van der Waals surface area (Å²) in [5.41, 5.74) is 2.75. The Morgan fingerprint density at radius 3 is 2.52 bits per heavy atom. The normalized spacial score (nSPS) is 10.9. The molecular weight excluding hydrogens is 286 g/mol. The summed E-state index contributed by atoms with van der Waals surface area (Å²) in [7, 11) is 0. The van der Waals surface area contributed by atoms with Crippen molar-refractivity contribution in [3.05, 3.63) is 57.0 Å². The fourth-order valence-corrected chi connectivity index (χ4v) is 2.24. The van der Waals surface area contributed by atoms with Crippen LogP contribution in [-0.4, -0.2) is 9.78 Å². The molecule has 0 unspecified atom stereocenters. The first-order valence-electron chi connectivity index (χ1n) is 7.11. The Morgan fingerprint density at radius 1 is 1.29 bits per heavy atom. The van der Waals surface area contributed by atoms with Gasteiger partial charge in [0.25, 0.3) is 5.56 Å². The molecule has 0 aliphatic rings. The number of aromatic nitrogens is 2. The molecule has 21 heavy (non-hydrogen) atoms. The largest absolute Gasteiger partial charge is 0.378 e. The summed E-state index contributed by atoms with van der Waals surface area (Å²) >= 11 is 6.07. The van der Waals surface area contributed by atoms with Crippen molar-refractivity contribution in [1.82, 2.24) is 9.78 Å². The second-order valence-electron chi connectivity index (χ2n) is 5.24. The maximum atomic E-state index is 11.9. The smallest absolute Gasteiger partial charge is 0.287 e. The highest BCUT2D eigenvalue weighted by atomic mass is 35.5. The van der Waals surface area contributed by atoms with E-state index in [2.05, 4.69) is 48.5 Å². The Bertz CT molecular complexity index is 662. The summed E-state index contributed by atoms with van der Waals surface area (Å²) in [6.07, 6.45) is 1.59. The van der Waals surface area contributed by atoms with Crippen LogP contribution in [-0.2, 0) is 13.1 Å². The van der Waals surface area contributed by atoms with Crippen LogP contribution >= 0.6 is 11.6 Å². The molecule has 0 atom stereocenters. The molecule has 0 aliphatic heterocycles. The third-order valence-corrected chi connectivity index (χ3v) is 3.78. The highest BCUT2D eigenvalue weighted by Gasteiger charge is 2.08. The van der Waals surface area contributed by atoms with Gasteiger partial charge in [-0.25, -0.2) is 4.68 Å². The third-order valence-electron chi connectivity index (χ3n) is 3.41. The van der Waals surface area contributed by atoms with Gasteiger partial charge in [-0.15, -0.1) is 0 Å². The second kappa shape index (κ2) is 6.76.